The fourth-order valence-electron chi connectivity index (χ4n) is 3.14. The van der Waals surface area contributed by atoms with E-state index in [0.717, 1.165) is 33.4 Å². The molecule has 3 aromatic carbocycles. The van der Waals surface area contributed by atoms with Crippen LogP contribution in [0.15, 0.2) is 71.6 Å². The lowest BCUT2D eigenvalue weighted by Gasteiger charge is -2.12. The lowest BCUT2D eigenvalue weighted by molar-refractivity contribution is 0.600. The highest BCUT2D eigenvalue weighted by Crippen LogP contribution is 2.25. The van der Waals surface area contributed by atoms with Gasteiger partial charge in [-0.2, -0.15) is 0 Å². The minimum absolute atomic E-state index is 0.0163. The van der Waals surface area contributed by atoms with Crippen molar-refractivity contribution in [1.82, 2.24) is 0 Å². The molecular formula is C25H25ClO2S. The molecular weight excluding hydrogens is 400 g/mol. The van der Waals surface area contributed by atoms with Crippen LogP contribution < -0.4 is 0 Å². The number of benzene rings is 3. The molecule has 0 saturated carbocycles. The third-order valence-electron chi connectivity index (χ3n) is 4.92. The summed E-state index contributed by atoms with van der Waals surface area (Å²) in [6, 6.07) is 21.1. The molecule has 0 spiro atoms. The van der Waals surface area contributed by atoms with Gasteiger partial charge < -0.3 is 0 Å². The smallest absolute Gasteiger partial charge is 0.179 e. The average Bonchev–Trinajstić information content (AvgIpc) is 2.67. The molecule has 29 heavy (non-hydrogen) atoms. The quantitative estimate of drug-likeness (QED) is 0.454. The van der Waals surface area contributed by atoms with Crippen LogP contribution >= 0.6 is 11.6 Å². The van der Waals surface area contributed by atoms with Crippen molar-refractivity contribution >= 4 is 27.5 Å². The third-order valence-corrected chi connectivity index (χ3v) is 6.95. The molecule has 0 aliphatic rings. The molecule has 0 unspecified atom stereocenters. The Morgan fingerprint density at radius 2 is 1.41 bits per heavy atom. The van der Waals surface area contributed by atoms with Crippen molar-refractivity contribution in [3.8, 4) is 0 Å². The van der Waals surface area contributed by atoms with Gasteiger partial charge in [0.15, 0.2) is 9.84 Å². The van der Waals surface area contributed by atoms with Gasteiger partial charge in [-0.25, -0.2) is 8.42 Å². The lowest BCUT2D eigenvalue weighted by atomic mass is 10.0. The van der Waals surface area contributed by atoms with Gasteiger partial charge in [0, 0.05) is 16.3 Å². The molecule has 4 heteroatoms. The van der Waals surface area contributed by atoms with Crippen LogP contribution in [0.2, 0.25) is 5.02 Å². The van der Waals surface area contributed by atoms with Crippen molar-refractivity contribution in [1.29, 1.82) is 0 Å². The molecule has 150 valence electrons. The summed E-state index contributed by atoms with van der Waals surface area (Å²) in [6.07, 6.45) is 2.15. The highest BCUT2D eigenvalue weighted by Gasteiger charge is 2.20. The molecule has 0 radical (unpaired) electrons. The fraction of sp³-hybridized carbons (Fsp3) is 0.200. The second-order valence-corrected chi connectivity index (χ2v) is 10.00. The van der Waals surface area contributed by atoms with Crippen LogP contribution in [0.3, 0.4) is 0 Å². The summed E-state index contributed by atoms with van der Waals surface area (Å²) in [5.41, 5.74) is 5.90. The maximum atomic E-state index is 13.4. The maximum absolute atomic E-state index is 13.4. The van der Waals surface area contributed by atoms with E-state index in [1.54, 1.807) is 12.1 Å². The summed E-state index contributed by atoms with van der Waals surface area (Å²) in [5, 5.41) is 0.635. The van der Waals surface area contributed by atoms with Gasteiger partial charge in [0.2, 0.25) is 0 Å². The van der Waals surface area contributed by atoms with Gasteiger partial charge in [0.05, 0.1) is 5.75 Å². The number of halogens is 1. The molecule has 0 bridgehead atoms. The van der Waals surface area contributed by atoms with Crippen LogP contribution in [0.4, 0.5) is 0 Å². The maximum Gasteiger partial charge on any atom is 0.179 e. The van der Waals surface area contributed by atoms with Gasteiger partial charge in [0.1, 0.15) is 0 Å². The molecule has 0 atom stereocenters. The number of aryl methyl sites for hydroxylation is 3. The number of hydrogen-bond acceptors (Lipinski definition) is 2. The van der Waals surface area contributed by atoms with E-state index in [-0.39, 0.29) is 5.75 Å². The van der Waals surface area contributed by atoms with Crippen LogP contribution in [-0.2, 0) is 22.0 Å². The zero-order valence-corrected chi connectivity index (χ0v) is 18.5. The monoisotopic (exact) mass is 424 g/mol. The van der Waals surface area contributed by atoms with Gasteiger partial charge in [-0.15, -0.1) is 0 Å². The van der Waals surface area contributed by atoms with E-state index >= 15 is 0 Å². The van der Waals surface area contributed by atoms with Crippen molar-refractivity contribution in [2.75, 3.05) is 0 Å². The minimum Gasteiger partial charge on any atom is -0.224 e. The van der Waals surface area contributed by atoms with Crippen LogP contribution in [-0.4, -0.2) is 8.42 Å². The minimum atomic E-state index is -3.50. The molecule has 2 nitrogen and oxygen atoms in total. The first-order chi connectivity index (χ1) is 13.7. The number of rotatable bonds is 6. The fourth-order valence-corrected chi connectivity index (χ4v) is 4.78. The molecule has 3 aromatic rings. The Morgan fingerprint density at radius 3 is 2.07 bits per heavy atom. The summed E-state index contributed by atoms with van der Waals surface area (Å²) in [5.74, 6) is -0.0163. The largest absolute Gasteiger partial charge is 0.224 e. The molecule has 0 heterocycles. The Kier molecular flexibility index (Phi) is 6.61. The van der Waals surface area contributed by atoms with E-state index < -0.39 is 9.84 Å². The SMILES string of the molecule is Cc1ccc(CS(=O)(=O)C(=Cc2cc(C)ccc2C)Cc2ccc(Cl)cc2)cc1. The Bertz CT molecular complexity index is 1130. The van der Waals surface area contributed by atoms with Crippen LogP contribution in [0.25, 0.3) is 6.08 Å². The van der Waals surface area contributed by atoms with Crippen molar-refractivity contribution in [2.24, 2.45) is 0 Å². The van der Waals surface area contributed by atoms with E-state index in [0.29, 0.717) is 16.3 Å². The number of allylic oxidation sites excluding steroid dienone is 1. The summed E-state index contributed by atoms with van der Waals surface area (Å²) in [4.78, 5) is 0.411. The molecule has 0 fully saturated rings. The summed E-state index contributed by atoms with van der Waals surface area (Å²) in [6.45, 7) is 6.00. The number of sulfone groups is 1. The first-order valence-corrected chi connectivity index (χ1v) is 11.6. The van der Waals surface area contributed by atoms with Gasteiger partial charge >= 0.3 is 0 Å². The molecule has 0 aromatic heterocycles. The Hall–Kier alpha value is -2.36. The molecule has 0 N–H and O–H groups in total. The standard InChI is InChI=1S/C25H25ClO2S/c1-18-5-8-22(9-6-18)17-29(27,28)25(15-21-10-12-24(26)13-11-21)16-23-14-19(2)4-7-20(23)3/h4-14,16H,15,17H2,1-3H3. The van der Waals surface area contributed by atoms with E-state index in [9.17, 15) is 8.42 Å². The van der Waals surface area contributed by atoms with E-state index in [1.165, 1.54) is 0 Å². The predicted molar refractivity (Wildman–Crippen MR) is 123 cm³/mol. The molecule has 0 aliphatic carbocycles. The summed E-state index contributed by atoms with van der Waals surface area (Å²) < 4.78 is 26.7. The Morgan fingerprint density at radius 1 is 0.828 bits per heavy atom. The zero-order valence-electron chi connectivity index (χ0n) is 16.9. The van der Waals surface area contributed by atoms with Crippen molar-refractivity contribution in [3.05, 3.63) is 110 Å². The topological polar surface area (TPSA) is 34.1 Å². The van der Waals surface area contributed by atoms with Gasteiger partial charge in [-0.3, -0.25) is 0 Å². The lowest BCUT2D eigenvalue weighted by Crippen LogP contribution is -2.10. The molecule has 0 amide bonds. The van der Waals surface area contributed by atoms with Crippen molar-refractivity contribution < 1.29 is 8.42 Å². The number of hydrogen-bond donors (Lipinski definition) is 0. The van der Waals surface area contributed by atoms with E-state index in [4.69, 9.17) is 11.6 Å². The van der Waals surface area contributed by atoms with Gasteiger partial charge in [-0.1, -0.05) is 77.3 Å². The highest BCUT2D eigenvalue weighted by atomic mass is 35.5. The molecule has 3 rings (SSSR count). The third kappa shape index (κ3) is 5.81. The van der Waals surface area contributed by atoms with Crippen LogP contribution in [0, 0.1) is 20.8 Å². The highest BCUT2D eigenvalue weighted by molar-refractivity contribution is 7.94. The van der Waals surface area contributed by atoms with E-state index in [1.807, 2.05) is 81.4 Å². The van der Waals surface area contributed by atoms with Gasteiger partial charge in [0.25, 0.3) is 0 Å². The second kappa shape index (κ2) is 8.98. The van der Waals surface area contributed by atoms with Crippen LogP contribution in [0.5, 0.6) is 0 Å². The second-order valence-electron chi connectivity index (χ2n) is 7.52. The van der Waals surface area contributed by atoms with Crippen molar-refractivity contribution in [2.45, 2.75) is 32.9 Å². The van der Waals surface area contributed by atoms with E-state index in [2.05, 4.69) is 0 Å². The zero-order chi connectivity index (χ0) is 21.0. The first-order valence-electron chi connectivity index (χ1n) is 9.53. The molecule has 0 aliphatic heterocycles. The summed E-state index contributed by atoms with van der Waals surface area (Å²) in [7, 11) is -3.50. The van der Waals surface area contributed by atoms with Crippen molar-refractivity contribution in [3.63, 3.8) is 0 Å². The van der Waals surface area contributed by atoms with Crippen LogP contribution in [0.1, 0.15) is 33.4 Å². The average molecular weight is 425 g/mol. The summed E-state index contributed by atoms with van der Waals surface area (Å²) >= 11 is 5.99. The predicted octanol–water partition coefficient (Wildman–Crippen LogP) is 6.46. The Labute approximate surface area is 178 Å². The normalized spacial score (nSPS) is 12.2. The Balaban J connectivity index is 2.03. The molecule has 0 saturated heterocycles. The van der Waals surface area contributed by atoms with Gasteiger partial charge in [-0.05, 0) is 61.2 Å². The first kappa shape index (κ1) is 21.4.